The number of para-hydroxylation sites is 1. The molecule has 2 aromatic rings. The molecule has 4 rings (SSSR count). The van der Waals surface area contributed by atoms with Crippen molar-refractivity contribution < 1.29 is 4.79 Å². The van der Waals surface area contributed by atoms with Crippen LogP contribution in [0.3, 0.4) is 0 Å². The van der Waals surface area contributed by atoms with E-state index in [1.165, 1.54) is 10.6 Å². The van der Waals surface area contributed by atoms with Gasteiger partial charge in [-0.2, -0.15) is 0 Å². The van der Waals surface area contributed by atoms with Crippen molar-refractivity contribution in [3.63, 3.8) is 0 Å². The van der Waals surface area contributed by atoms with Crippen LogP contribution in [0.15, 0.2) is 46.8 Å². The van der Waals surface area contributed by atoms with Gasteiger partial charge in [-0.1, -0.05) is 18.2 Å². The number of hydrogen-bond donors (Lipinski definition) is 2. The van der Waals surface area contributed by atoms with E-state index in [1.807, 2.05) is 28.4 Å². The van der Waals surface area contributed by atoms with Gasteiger partial charge >= 0.3 is 0 Å². The van der Waals surface area contributed by atoms with Gasteiger partial charge < -0.3 is 20.4 Å². The second kappa shape index (κ2) is 12.4. The topological polar surface area (TPSA) is 60.0 Å². The molecule has 0 spiro atoms. The molecule has 2 N–H and O–H groups in total. The van der Waals surface area contributed by atoms with Crippen LogP contribution in [-0.4, -0.2) is 50.6 Å². The second-order valence-corrected chi connectivity index (χ2v) is 9.07. The van der Waals surface area contributed by atoms with Crippen molar-refractivity contribution in [2.45, 2.75) is 45.1 Å². The number of amides is 1. The zero-order chi connectivity index (χ0) is 21.5. The molecule has 1 aromatic heterocycles. The standard InChI is InChI=1S/C24H33N5OS.HI/c1-2-25-24(27-20-12-15-28(16-13-20)23-10-6-18-31-23)26-14-5-9-22(30)29-17-11-19-7-3-4-8-21(19)29;/h3-4,6-8,10,18,20H,2,5,9,11-17H2,1H3,(H2,25,26,27);1H. The van der Waals surface area contributed by atoms with Crippen LogP contribution >= 0.6 is 35.3 Å². The SMILES string of the molecule is CCNC(=NCCCC(=O)N1CCc2ccccc21)NC1CCN(c2cccs2)CC1.I. The number of benzene rings is 1. The third-order valence-corrected chi connectivity index (χ3v) is 6.93. The number of carbonyl (C=O) groups is 1. The summed E-state index contributed by atoms with van der Waals surface area (Å²) in [5, 5.41) is 10.5. The van der Waals surface area contributed by atoms with Gasteiger partial charge in [0.2, 0.25) is 5.91 Å². The molecule has 0 bridgehead atoms. The lowest BCUT2D eigenvalue weighted by molar-refractivity contribution is -0.118. The van der Waals surface area contributed by atoms with Crippen LogP contribution in [0.2, 0.25) is 0 Å². The predicted octanol–water partition coefficient (Wildman–Crippen LogP) is 4.26. The molecule has 1 aromatic carbocycles. The molecule has 0 unspecified atom stereocenters. The number of hydrogen-bond acceptors (Lipinski definition) is 4. The van der Waals surface area contributed by atoms with E-state index in [0.29, 0.717) is 19.0 Å². The number of nitrogens with zero attached hydrogens (tertiary/aromatic N) is 3. The molecule has 1 amide bonds. The average Bonchev–Trinajstić information content (AvgIpc) is 3.47. The van der Waals surface area contributed by atoms with E-state index in [-0.39, 0.29) is 29.9 Å². The van der Waals surface area contributed by atoms with Gasteiger partial charge in [-0.05, 0) is 61.7 Å². The van der Waals surface area contributed by atoms with Crippen LogP contribution in [0.4, 0.5) is 10.7 Å². The van der Waals surface area contributed by atoms with Gasteiger partial charge in [-0.25, -0.2) is 0 Å². The molecule has 2 aliphatic rings. The number of thiophene rings is 1. The lowest BCUT2D eigenvalue weighted by atomic mass is 10.1. The third-order valence-electron chi connectivity index (χ3n) is 6.00. The minimum atomic E-state index is 0. The Morgan fingerprint density at radius 2 is 1.97 bits per heavy atom. The van der Waals surface area contributed by atoms with Crippen LogP contribution in [0.25, 0.3) is 0 Å². The predicted molar refractivity (Wildman–Crippen MR) is 146 cm³/mol. The summed E-state index contributed by atoms with van der Waals surface area (Å²) < 4.78 is 0. The Morgan fingerprint density at radius 1 is 1.16 bits per heavy atom. The molecule has 0 aliphatic carbocycles. The smallest absolute Gasteiger partial charge is 0.227 e. The first-order chi connectivity index (χ1) is 15.2. The number of rotatable bonds is 7. The largest absolute Gasteiger partial charge is 0.363 e. The molecule has 32 heavy (non-hydrogen) atoms. The fraction of sp³-hybridized carbons (Fsp3) is 0.500. The Hall–Kier alpha value is -1.81. The lowest BCUT2D eigenvalue weighted by Crippen LogP contribution is -2.48. The summed E-state index contributed by atoms with van der Waals surface area (Å²) >= 11 is 1.81. The van der Waals surface area contributed by atoms with Gasteiger partial charge in [0.1, 0.15) is 0 Å². The van der Waals surface area contributed by atoms with E-state index in [1.54, 1.807) is 0 Å². The number of fused-ring (bicyclic) bond motifs is 1. The summed E-state index contributed by atoms with van der Waals surface area (Å²) in [6.45, 7) is 6.53. The summed E-state index contributed by atoms with van der Waals surface area (Å²) in [7, 11) is 0. The number of carbonyl (C=O) groups excluding carboxylic acids is 1. The first kappa shape index (κ1) is 24.8. The number of halogens is 1. The highest BCUT2D eigenvalue weighted by atomic mass is 127. The average molecular weight is 568 g/mol. The summed E-state index contributed by atoms with van der Waals surface area (Å²) in [6, 6.07) is 13.0. The Balaban J connectivity index is 0.00000289. The zero-order valence-electron chi connectivity index (χ0n) is 18.8. The van der Waals surface area contributed by atoms with E-state index in [2.05, 4.69) is 52.1 Å². The van der Waals surface area contributed by atoms with Gasteiger partial charge in [0.15, 0.2) is 5.96 Å². The van der Waals surface area contributed by atoms with Crippen molar-refractivity contribution in [1.29, 1.82) is 0 Å². The van der Waals surface area contributed by atoms with Gasteiger partial charge in [0, 0.05) is 50.9 Å². The van der Waals surface area contributed by atoms with Crippen LogP contribution in [-0.2, 0) is 11.2 Å². The maximum Gasteiger partial charge on any atom is 0.227 e. The Bertz CT molecular complexity index is 880. The third kappa shape index (κ3) is 6.37. The van der Waals surface area contributed by atoms with Gasteiger partial charge in [0.25, 0.3) is 0 Å². The van der Waals surface area contributed by atoms with E-state index in [9.17, 15) is 4.79 Å². The number of guanidine groups is 1. The van der Waals surface area contributed by atoms with Crippen LogP contribution in [0.5, 0.6) is 0 Å². The van der Waals surface area contributed by atoms with Crippen LogP contribution in [0.1, 0.15) is 38.2 Å². The Morgan fingerprint density at radius 3 is 2.72 bits per heavy atom. The van der Waals surface area contributed by atoms with Crippen molar-refractivity contribution in [2.75, 3.05) is 42.5 Å². The van der Waals surface area contributed by atoms with Crippen molar-refractivity contribution in [3.05, 3.63) is 47.3 Å². The number of aliphatic imine (C=N–C) groups is 1. The van der Waals surface area contributed by atoms with E-state index < -0.39 is 0 Å². The maximum atomic E-state index is 12.7. The number of nitrogens with one attached hydrogen (secondary N) is 2. The number of piperidine rings is 1. The molecule has 3 heterocycles. The molecule has 0 saturated carbocycles. The summed E-state index contributed by atoms with van der Waals surface area (Å²) in [4.78, 5) is 21.8. The highest BCUT2D eigenvalue weighted by molar-refractivity contribution is 14.0. The highest BCUT2D eigenvalue weighted by Gasteiger charge is 2.23. The number of anilines is 2. The molecule has 1 saturated heterocycles. The first-order valence-electron chi connectivity index (χ1n) is 11.5. The lowest BCUT2D eigenvalue weighted by Gasteiger charge is -2.33. The van der Waals surface area contributed by atoms with Crippen LogP contribution in [0, 0.1) is 0 Å². The Kier molecular flexibility index (Phi) is 9.65. The Labute approximate surface area is 212 Å². The summed E-state index contributed by atoms with van der Waals surface area (Å²) in [6.07, 6.45) is 4.48. The first-order valence-corrected chi connectivity index (χ1v) is 12.3. The van der Waals surface area contributed by atoms with Gasteiger partial charge in [-0.15, -0.1) is 35.3 Å². The van der Waals surface area contributed by atoms with Gasteiger partial charge in [0.05, 0.1) is 5.00 Å². The van der Waals surface area contributed by atoms with E-state index in [4.69, 9.17) is 4.99 Å². The van der Waals surface area contributed by atoms with E-state index >= 15 is 0 Å². The minimum Gasteiger partial charge on any atom is -0.363 e. The summed E-state index contributed by atoms with van der Waals surface area (Å²) in [5.41, 5.74) is 2.36. The quantitative estimate of drug-likeness (QED) is 0.227. The monoisotopic (exact) mass is 567 g/mol. The minimum absolute atomic E-state index is 0. The fourth-order valence-corrected chi connectivity index (χ4v) is 5.15. The summed E-state index contributed by atoms with van der Waals surface area (Å²) in [5.74, 6) is 1.08. The van der Waals surface area contributed by atoms with Crippen molar-refractivity contribution in [1.82, 2.24) is 10.6 Å². The second-order valence-electron chi connectivity index (χ2n) is 8.15. The molecule has 8 heteroatoms. The molecule has 6 nitrogen and oxygen atoms in total. The van der Waals surface area contributed by atoms with Crippen molar-refractivity contribution >= 4 is 57.9 Å². The molecular formula is C24H34IN5OS. The molecule has 1 fully saturated rings. The normalized spacial score (nSPS) is 16.5. The molecule has 174 valence electrons. The zero-order valence-corrected chi connectivity index (χ0v) is 21.9. The van der Waals surface area contributed by atoms with Crippen molar-refractivity contribution in [2.24, 2.45) is 4.99 Å². The van der Waals surface area contributed by atoms with Gasteiger partial charge in [-0.3, -0.25) is 9.79 Å². The fourth-order valence-electron chi connectivity index (χ4n) is 4.36. The van der Waals surface area contributed by atoms with Crippen molar-refractivity contribution in [3.8, 4) is 0 Å². The molecule has 0 atom stereocenters. The van der Waals surface area contributed by atoms with Crippen LogP contribution < -0.4 is 20.4 Å². The maximum absolute atomic E-state index is 12.7. The molecular weight excluding hydrogens is 533 g/mol. The molecule has 0 radical (unpaired) electrons. The van der Waals surface area contributed by atoms with E-state index in [0.717, 1.165) is 63.5 Å². The highest BCUT2D eigenvalue weighted by Crippen LogP contribution is 2.28. The molecule has 2 aliphatic heterocycles.